The Kier molecular flexibility index (Phi) is 9.14. The molecule has 10 nitrogen and oxygen atoms in total. The van der Waals surface area contributed by atoms with E-state index in [0.717, 1.165) is 31.7 Å². The van der Waals surface area contributed by atoms with Gasteiger partial charge in [0.25, 0.3) is 0 Å². The Hall–Kier alpha value is -2.76. The zero-order valence-corrected chi connectivity index (χ0v) is 21.3. The smallest absolute Gasteiger partial charge is 0.335 e. The summed E-state index contributed by atoms with van der Waals surface area (Å²) < 4.78 is 11.5. The fourth-order valence-electron chi connectivity index (χ4n) is 5.02. The quantitative estimate of drug-likeness (QED) is 0.191. The number of aliphatic hydroxyl groups excluding tert-OH is 3. The lowest BCUT2D eigenvalue weighted by atomic mass is 9.80. The van der Waals surface area contributed by atoms with Crippen LogP contribution in [0.3, 0.4) is 0 Å². The number of rotatable bonds is 11. The molecule has 1 fully saturated rings. The molecule has 0 aliphatic carbocycles. The van der Waals surface area contributed by atoms with Crippen LogP contribution < -0.4 is 4.74 Å². The van der Waals surface area contributed by atoms with Crippen LogP contribution in [0.25, 0.3) is 10.8 Å². The number of aliphatic hydroxyl groups is 4. The molecule has 6 N–H and O–H groups in total. The molecule has 0 aromatic heterocycles. The maximum Gasteiger partial charge on any atom is 0.335 e. The number of carboxylic acids is 1. The molecule has 1 aliphatic rings. The molecular weight excluding hydrogens is 484 g/mol. The molecule has 0 unspecified atom stereocenters. The van der Waals surface area contributed by atoms with Crippen molar-refractivity contribution in [3.05, 3.63) is 34.9 Å². The minimum Gasteiger partial charge on any atom is -0.506 e. The maximum absolute atomic E-state index is 12.2. The van der Waals surface area contributed by atoms with Crippen molar-refractivity contribution in [3.8, 4) is 11.5 Å². The maximum atomic E-state index is 12.2. The van der Waals surface area contributed by atoms with Crippen molar-refractivity contribution in [1.82, 2.24) is 0 Å². The van der Waals surface area contributed by atoms with Gasteiger partial charge in [-0.1, -0.05) is 45.1 Å². The van der Waals surface area contributed by atoms with Gasteiger partial charge in [0.05, 0.1) is 23.1 Å². The van der Waals surface area contributed by atoms with Crippen LogP contribution in [0.5, 0.6) is 11.5 Å². The number of ether oxygens (including phenoxy) is 2. The highest BCUT2D eigenvalue weighted by Crippen LogP contribution is 2.41. The number of carboxylic acid groups (broad SMARTS) is 1. The SMILES string of the molecule is CCCCCCC[C@]1(O)[C@H](O)[C@@H](O)[C@H](Oc2cc(C(=O)O)cc3cc(C)c(C(C)=O)c(O)c23)O[C@@H]1CO. The van der Waals surface area contributed by atoms with Gasteiger partial charge in [0.15, 0.2) is 5.78 Å². The van der Waals surface area contributed by atoms with Crippen LogP contribution in [0, 0.1) is 6.92 Å². The van der Waals surface area contributed by atoms with E-state index in [2.05, 4.69) is 6.92 Å². The van der Waals surface area contributed by atoms with Crippen LogP contribution in [-0.2, 0) is 4.74 Å². The van der Waals surface area contributed by atoms with Gasteiger partial charge in [-0.3, -0.25) is 4.79 Å². The Labute approximate surface area is 215 Å². The molecule has 10 heteroatoms. The molecule has 0 amide bonds. The summed E-state index contributed by atoms with van der Waals surface area (Å²) in [6.07, 6.45) is -2.03. The normalized spacial score (nSPS) is 25.8. The number of carbonyl (C=O) groups is 2. The predicted molar refractivity (Wildman–Crippen MR) is 134 cm³/mol. The summed E-state index contributed by atoms with van der Waals surface area (Å²) in [6.45, 7) is 4.27. The first-order valence-electron chi connectivity index (χ1n) is 12.5. The van der Waals surface area contributed by atoms with E-state index in [0.29, 0.717) is 12.0 Å². The molecule has 3 rings (SSSR count). The highest BCUT2D eigenvalue weighted by Gasteiger charge is 2.55. The molecule has 37 heavy (non-hydrogen) atoms. The summed E-state index contributed by atoms with van der Waals surface area (Å²) in [5.74, 6) is -2.34. The zero-order chi connectivity index (χ0) is 27.5. The van der Waals surface area contributed by atoms with Gasteiger partial charge >= 0.3 is 5.97 Å². The van der Waals surface area contributed by atoms with Gasteiger partial charge in [-0.15, -0.1) is 0 Å². The molecule has 2 aromatic rings. The van der Waals surface area contributed by atoms with Crippen molar-refractivity contribution >= 4 is 22.5 Å². The van der Waals surface area contributed by atoms with Crippen molar-refractivity contribution in [2.75, 3.05) is 6.61 Å². The number of benzene rings is 2. The fraction of sp³-hybridized carbons (Fsp3) is 0.556. The molecule has 1 heterocycles. The van der Waals surface area contributed by atoms with Gasteiger partial charge in [0.2, 0.25) is 6.29 Å². The van der Waals surface area contributed by atoms with Crippen LogP contribution in [0.15, 0.2) is 18.2 Å². The van der Waals surface area contributed by atoms with Gasteiger partial charge in [-0.2, -0.15) is 0 Å². The number of aromatic carboxylic acids is 1. The average Bonchev–Trinajstić information content (AvgIpc) is 2.83. The zero-order valence-electron chi connectivity index (χ0n) is 21.3. The monoisotopic (exact) mass is 520 g/mol. The number of Topliss-reactive ketones (excluding diaryl/α,β-unsaturated/α-hetero) is 1. The lowest BCUT2D eigenvalue weighted by molar-refractivity contribution is -0.315. The lowest BCUT2D eigenvalue weighted by Crippen LogP contribution is -2.67. The van der Waals surface area contributed by atoms with E-state index in [1.807, 2.05) is 0 Å². The van der Waals surface area contributed by atoms with Crippen molar-refractivity contribution in [3.63, 3.8) is 0 Å². The number of phenolic OH excluding ortho intramolecular Hbond substituents is 1. The first-order valence-corrected chi connectivity index (χ1v) is 12.5. The molecule has 0 radical (unpaired) electrons. The molecular formula is C27H36O10. The van der Waals surface area contributed by atoms with Gasteiger partial charge in [0, 0.05) is 0 Å². The minimum atomic E-state index is -1.94. The molecule has 5 atom stereocenters. The largest absolute Gasteiger partial charge is 0.506 e. The fourth-order valence-corrected chi connectivity index (χ4v) is 5.02. The number of unbranched alkanes of at least 4 members (excludes halogenated alkanes) is 4. The third kappa shape index (κ3) is 5.73. The third-order valence-corrected chi connectivity index (χ3v) is 7.03. The second-order valence-electron chi connectivity index (χ2n) is 9.74. The van der Waals surface area contributed by atoms with E-state index >= 15 is 0 Å². The van der Waals surface area contributed by atoms with Crippen molar-refractivity contribution in [2.24, 2.45) is 0 Å². The van der Waals surface area contributed by atoms with Gasteiger partial charge in [0.1, 0.15) is 35.4 Å². The summed E-state index contributed by atoms with van der Waals surface area (Å²) in [4.78, 5) is 23.9. The van der Waals surface area contributed by atoms with Crippen LogP contribution in [-0.4, -0.2) is 79.2 Å². The van der Waals surface area contributed by atoms with Gasteiger partial charge in [-0.25, -0.2) is 4.79 Å². The van der Waals surface area contributed by atoms with Crippen molar-refractivity contribution in [1.29, 1.82) is 0 Å². The second-order valence-corrected chi connectivity index (χ2v) is 9.74. The Bertz CT molecular complexity index is 1140. The van der Waals surface area contributed by atoms with E-state index < -0.39 is 54.3 Å². The third-order valence-electron chi connectivity index (χ3n) is 7.03. The molecule has 1 aliphatic heterocycles. The number of aryl methyl sites for hydroxylation is 1. The van der Waals surface area contributed by atoms with Crippen molar-refractivity contribution in [2.45, 2.75) is 89.5 Å². The van der Waals surface area contributed by atoms with E-state index in [-0.39, 0.29) is 34.1 Å². The number of carbonyl (C=O) groups excluding carboxylic acids is 1. The highest BCUT2D eigenvalue weighted by atomic mass is 16.7. The molecule has 204 valence electrons. The van der Waals surface area contributed by atoms with E-state index in [9.17, 15) is 40.2 Å². The topological polar surface area (TPSA) is 174 Å². The Morgan fingerprint density at radius 3 is 2.38 bits per heavy atom. The van der Waals surface area contributed by atoms with E-state index in [1.54, 1.807) is 6.92 Å². The number of aromatic hydroxyl groups is 1. The Morgan fingerprint density at radius 1 is 1.11 bits per heavy atom. The Morgan fingerprint density at radius 2 is 1.78 bits per heavy atom. The van der Waals surface area contributed by atoms with Gasteiger partial charge < -0.3 is 40.1 Å². The van der Waals surface area contributed by atoms with Gasteiger partial charge in [-0.05, 0) is 43.4 Å². The predicted octanol–water partition coefficient (Wildman–Crippen LogP) is 2.66. The summed E-state index contributed by atoms with van der Waals surface area (Å²) in [5.41, 5.74) is -1.67. The molecule has 2 aromatic carbocycles. The Balaban J connectivity index is 1.98. The number of hydrogen-bond donors (Lipinski definition) is 6. The molecule has 1 saturated heterocycles. The number of fused-ring (bicyclic) bond motifs is 1. The second kappa shape index (κ2) is 11.7. The van der Waals surface area contributed by atoms with Crippen LogP contribution >= 0.6 is 0 Å². The first-order chi connectivity index (χ1) is 17.5. The number of phenols is 1. The standard InChI is InChI=1S/C27H36O10/c1-4-5-6-7-8-9-27(35)19(13-28)37-26(23(31)24(27)32)36-18-12-17(25(33)34)11-16-10-14(2)20(15(3)29)22(30)21(16)18/h10-12,19,23-24,26,28,30-32,35H,4-9,13H2,1-3H3,(H,33,34)/t19-,23-,24-,26-,27-/m1/s1. The van der Waals surface area contributed by atoms with Crippen LogP contribution in [0.1, 0.15) is 78.7 Å². The summed E-state index contributed by atoms with van der Waals surface area (Å²) in [7, 11) is 0. The molecule has 0 saturated carbocycles. The highest BCUT2D eigenvalue weighted by molar-refractivity contribution is 6.08. The minimum absolute atomic E-state index is 0.0170. The van der Waals surface area contributed by atoms with E-state index in [1.165, 1.54) is 19.1 Å². The van der Waals surface area contributed by atoms with Crippen molar-refractivity contribution < 1.29 is 49.7 Å². The molecule has 0 spiro atoms. The molecule has 0 bridgehead atoms. The van der Waals surface area contributed by atoms with E-state index in [4.69, 9.17) is 9.47 Å². The van der Waals surface area contributed by atoms with Crippen LogP contribution in [0.2, 0.25) is 0 Å². The number of ketones is 1. The van der Waals surface area contributed by atoms with Crippen LogP contribution in [0.4, 0.5) is 0 Å². The summed E-state index contributed by atoms with van der Waals surface area (Å²) in [5, 5.41) is 63.5. The summed E-state index contributed by atoms with van der Waals surface area (Å²) in [6, 6.07) is 3.95. The average molecular weight is 521 g/mol. The lowest BCUT2D eigenvalue weighted by Gasteiger charge is -2.47. The summed E-state index contributed by atoms with van der Waals surface area (Å²) >= 11 is 0. The first kappa shape index (κ1) is 28.8. The number of hydrogen-bond acceptors (Lipinski definition) is 9.